The van der Waals surface area contributed by atoms with Crippen LogP contribution in [0.15, 0.2) is 66.7 Å². The van der Waals surface area contributed by atoms with Crippen molar-refractivity contribution in [2.45, 2.75) is 0 Å². The molecule has 3 aromatic rings. The number of fused-ring (bicyclic) bond motifs is 1. The van der Waals surface area contributed by atoms with Crippen molar-refractivity contribution in [1.82, 2.24) is 4.90 Å². The Hall–Kier alpha value is -3.38. The molecule has 4 rings (SSSR count). The van der Waals surface area contributed by atoms with Crippen LogP contribution in [-0.2, 0) is 9.59 Å². The van der Waals surface area contributed by atoms with Gasteiger partial charge in [0.2, 0.25) is 0 Å². The molecule has 0 unspecified atom stereocenters. The summed E-state index contributed by atoms with van der Waals surface area (Å²) in [6, 6.07) is 21.0. The second-order valence-corrected chi connectivity index (χ2v) is 7.31. The number of hydrogen-bond donors (Lipinski definition) is 2. The highest BCUT2D eigenvalue weighted by Gasteiger charge is 2.16. The molecule has 0 aliphatic carbocycles. The molecule has 148 valence electrons. The molecule has 3 aromatic carbocycles. The van der Waals surface area contributed by atoms with Gasteiger partial charge in [-0.15, -0.1) is 0 Å². The van der Waals surface area contributed by atoms with Crippen LogP contribution in [0.4, 0.5) is 17.1 Å². The smallest absolute Gasteiger partial charge is 0.314 e. The summed E-state index contributed by atoms with van der Waals surface area (Å²) in [5.41, 5.74) is 2.31. The summed E-state index contributed by atoms with van der Waals surface area (Å²) >= 11 is 0. The molecule has 0 atom stereocenters. The molecule has 1 saturated heterocycles. The zero-order valence-electron chi connectivity index (χ0n) is 16.4. The van der Waals surface area contributed by atoms with Gasteiger partial charge in [-0.3, -0.25) is 9.59 Å². The number of rotatable bonds is 3. The van der Waals surface area contributed by atoms with Gasteiger partial charge < -0.3 is 20.4 Å². The summed E-state index contributed by atoms with van der Waals surface area (Å²) in [4.78, 5) is 29.1. The van der Waals surface area contributed by atoms with Crippen LogP contribution >= 0.6 is 0 Å². The average molecular weight is 388 g/mol. The van der Waals surface area contributed by atoms with Crippen molar-refractivity contribution in [2.24, 2.45) is 0 Å². The predicted octanol–water partition coefficient (Wildman–Crippen LogP) is 3.17. The summed E-state index contributed by atoms with van der Waals surface area (Å²) in [5.74, 6) is -1.38. The Morgan fingerprint density at radius 3 is 2.00 bits per heavy atom. The number of amides is 2. The second-order valence-electron chi connectivity index (χ2n) is 7.31. The summed E-state index contributed by atoms with van der Waals surface area (Å²) < 4.78 is 0. The molecule has 0 bridgehead atoms. The van der Waals surface area contributed by atoms with Gasteiger partial charge in [-0.2, -0.15) is 0 Å². The zero-order chi connectivity index (χ0) is 20.2. The molecule has 6 heteroatoms. The highest BCUT2D eigenvalue weighted by atomic mass is 16.2. The lowest BCUT2D eigenvalue weighted by molar-refractivity contribution is -0.132. The van der Waals surface area contributed by atoms with Gasteiger partial charge in [-0.1, -0.05) is 30.3 Å². The fourth-order valence-electron chi connectivity index (χ4n) is 3.46. The molecule has 0 spiro atoms. The maximum absolute atomic E-state index is 12.3. The molecule has 2 N–H and O–H groups in total. The lowest BCUT2D eigenvalue weighted by Gasteiger charge is -2.34. The van der Waals surface area contributed by atoms with Crippen LogP contribution in [0.2, 0.25) is 0 Å². The molecule has 29 heavy (non-hydrogen) atoms. The maximum Gasteiger partial charge on any atom is 0.314 e. The van der Waals surface area contributed by atoms with E-state index in [-0.39, 0.29) is 0 Å². The normalized spacial score (nSPS) is 14.6. The van der Waals surface area contributed by atoms with Gasteiger partial charge in [-0.05, 0) is 54.2 Å². The Bertz CT molecular complexity index is 1020. The molecule has 2 amide bonds. The first-order valence-electron chi connectivity index (χ1n) is 9.73. The Morgan fingerprint density at radius 1 is 0.724 bits per heavy atom. The topological polar surface area (TPSA) is 64.7 Å². The van der Waals surface area contributed by atoms with Gasteiger partial charge in [0.25, 0.3) is 0 Å². The van der Waals surface area contributed by atoms with E-state index in [1.165, 1.54) is 0 Å². The van der Waals surface area contributed by atoms with E-state index in [4.69, 9.17) is 0 Å². The highest BCUT2D eigenvalue weighted by Crippen LogP contribution is 2.20. The molecule has 1 heterocycles. The van der Waals surface area contributed by atoms with Crippen molar-refractivity contribution < 1.29 is 9.59 Å². The van der Waals surface area contributed by atoms with Gasteiger partial charge in [-0.25, -0.2) is 0 Å². The van der Waals surface area contributed by atoms with Crippen molar-refractivity contribution in [3.05, 3.63) is 66.7 Å². The number of piperazine rings is 1. The number of carbonyl (C=O) groups excluding carboxylic acids is 2. The van der Waals surface area contributed by atoms with Crippen LogP contribution < -0.4 is 15.5 Å². The number of carbonyl (C=O) groups is 2. The van der Waals surface area contributed by atoms with Crippen molar-refractivity contribution in [3.63, 3.8) is 0 Å². The van der Waals surface area contributed by atoms with Crippen LogP contribution in [0.1, 0.15) is 0 Å². The standard InChI is InChI=1S/C23H24N4O2/c1-26-12-14-27(15-13-26)21-10-8-19(9-11-21)24-22(28)23(29)25-20-7-6-17-4-2-3-5-18(17)16-20/h2-11,16H,12-15H2,1H3,(H,24,28)(H,25,29). The minimum atomic E-state index is -0.691. The van der Waals surface area contributed by atoms with Gasteiger partial charge in [0.1, 0.15) is 0 Å². The minimum Gasteiger partial charge on any atom is -0.369 e. The Balaban J connectivity index is 1.36. The molecule has 6 nitrogen and oxygen atoms in total. The van der Waals surface area contributed by atoms with E-state index in [1.54, 1.807) is 6.07 Å². The fourth-order valence-corrected chi connectivity index (χ4v) is 3.46. The van der Waals surface area contributed by atoms with Crippen molar-refractivity contribution in [3.8, 4) is 0 Å². The van der Waals surface area contributed by atoms with Crippen molar-refractivity contribution in [1.29, 1.82) is 0 Å². The average Bonchev–Trinajstić information content (AvgIpc) is 2.75. The van der Waals surface area contributed by atoms with Gasteiger partial charge in [0, 0.05) is 43.2 Å². The van der Waals surface area contributed by atoms with Gasteiger partial charge >= 0.3 is 11.8 Å². The largest absolute Gasteiger partial charge is 0.369 e. The SMILES string of the molecule is CN1CCN(c2ccc(NC(=O)C(=O)Nc3ccc4ccccc4c3)cc2)CC1. The van der Waals surface area contributed by atoms with E-state index in [1.807, 2.05) is 60.7 Å². The molecular formula is C23H24N4O2. The maximum atomic E-state index is 12.3. The highest BCUT2D eigenvalue weighted by molar-refractivity contribution is 6.43. The summed E-state index contributed by atoms with van der Waals surface area (Å²) in [6.45, 7) is 4.04. The number of benzene rings is 3. The van der Waals surface area contributed by atoms with Crippen LogP contribution in [0.5, 0.6) is 0 Å². The molecule has 1 fully saturated rings. The van der Waals surface area contributed by atoms with Crippen LogP contribution in [0, 0.1) is 0 Å². The third-order valence-electron chi connectivity index (χ3n) is 5.21. The summed E-state index contributed by atoms with van der Waals surface area (Å²) in [5, 5.41) is 7.40. The van der Waals surface area contributed by atoms with E-state index in [9.17, 15) is 9.59 Å². The summed E-state index contributed by atoms with van der Waals surface area (Å²) in [7, 11) is 2.12. The van der Waals surface area contributed by atoms with Crippen LogP contribution in [-0.4, -0.2) is 49.9 Å². The van der Waals surface area contributed by atoms with E-state index >= 15 is 0 Å². The van der Waals surface area contributed by atoms with E-state index in [0.717, 1.165) is 42.6 Å². The number of anilines is 3. The van der Waals surface area contributed by atoms with E-state index < -0.39 is 11.8 Å². The Labute approximate surface area is 170 Å². The third kappa shape index (κ3) is 4.55. The number of nitrogens with one attached hydrogen (secondary N) is 2. The zero-order valence-corrected chi connectivity index (χ0v) is 16.4. The van der Waals surface area contributed by atoms with E-state index in [0.29, 0.717) is 11.4 Å². The fraction of sp³-hybridized carbons (Fsp3) is 0.217. The first kappa shape index (κ1) is 19.0. The Kier molecular flexibility index (Phi) is 5.44. The molecule has 1 aliphatic heterocycles. The number of likely N-dealkylation sites (N-methyl/N-ethyl adjacent to an activating group) is 1. The van der Waals surface area contributed by atoms with Crippen LogP contribution in [0.25, 0.3) is 10.8 Å². The molecule has 0 aromatic heterocycles. The van der Waals surface area contributed by atoms with Gasteiger partial charge in [0.05, 0.1) is 0 Å². The van der Waals surface area contributed by atoms with Crippen molar-refractivity contribution in [2.75, 3.05) is 48.8 Å². The molecular weight excluding hydrogens is 364 g/mol. The summed E-state index contributed by atoms with van der Waals surface area (Å²) in [6.07, 6.45) is 0. The quantitative estimate of drug-likeness (QED) is 0.677. The van der Waals surface area contributed by atoms with Gasteiger partial charge in [0.15, 0.2) is 0 Å². The van der Waals surface area contributed by atoms with Crippen LogP contribution in [0.3, 0.4) is 0 Å². The second kappa shape index (κ2) is 8.32. The lowest BCUT2D eigenvalue weighted by atomic mass is 10.1. The lowest BCUT2D eigenvalue weighted by Crippen LogP contribution is -2.44. The van der Waals surface area contributed by atoms with E-state index in [2.05, 4.69) is 27.5 Å². The third-order valence-corrected chi connectivity index (χ3v) is 5.21. The number of nitrogens with zero attached hydrogens (tertiary/aromatic N) is 2. The minimum absolute atomic E-state index is 0.592. The molecule has 0 radical (unpaired) electrons. The first-order valence-corrected chi connectivity index (χ1v) is 9.73. The monoisotopic (exact) mass is 388 g/mol. The predicted molar refractivity (Wildman–Crippen MR) is 117 cm³/mol. The Morgan fingerprint density at radius 2 is 1.31 bits per heavy atom. The number of hydrogen-bond acceptors (Lipinski definition) is 4. The first-order chi connectivity index (χ1) is 14.1. The molecule has 0 saturated carbocycles. The van der Waals surface area contributed by atoms with Crippen molar-refractivity contribution >= 4 is 39.6 Å². The molecule has 1 aliphatic rings.